The lowest BCUT2D eigenvalue weighted by Gasteiger charge is -2.22. The molecule has 1 amide bonds. The Hall–Kier alpha value is -4.40. The minimum absolute atomic E-state index is 0.0928. The number of ether oxygens (including phenoxy) is 2. The summed E-state index contributed by atoms with van der Waals surface area (Å²) in [6, 6.07) is 22.2. The standard InChI is InChI=1S/C28H26F2N4O3/c29-21-11-12-24(23(30)17-21)37-19-25-32-27-26(34(25)18-20-7-3-1-4-8-20)28(35)33(14-13-31-27)15-16-36-22-9-5-2-6-10-22/h1-12,17,31H,13-16,18-19H2. The van der Waals surface area contributed by atoms with Crippen molar-refractivity contribution in [2.75, 3.05) is 31.6 Å². The van der Waals surface area contributed by atoms with Crippen LogP contribution in [-0.4, -0.2) is 46.6 Å². The zero-order valence-electron chi connectivity index (χ0n) is 20.1. The summed E-state index contributed by atoms with van der Waals surface area (Å²) in [6.45, 7) is 2.02. The van der Waals surface area contributed by atoms with Gasteiger partial charge in [-0.15, -0.1) is 0 Å². The van der Waals surface area contributed by atoms with Crippen molar-refractivity contribution in [1.29, 1.82) is 0 Å². The first kappa shape index (κ1) is 24.3. The predicted molar refractivity (Wildman–Crippen MR) is 135 cm³/mol. The average Bonchev–Trinajstić information content (AvgIpc) is 3.16. The van der Waals surface area contributed by atoms with E-state index in [1.54, 1.807) is 9.47 Å². The zero-order chi connectivity index (χ0) is 25.6. The Kier molecular flexibility index (Phi) is 7.30. The molecule has 1 aliphatic rings. The molecule has 1 N–H and O–H groups in total. The van der Waals surface area contributed by atoms with E-state index in [1.807, 2.05) is 60.7 Å². The van der Waals surface area contributed by atoms with Gasteiger partial charge in [0.1, 0.15) is 30.6 Å². The minimum Gasteiger partial charge on any atom is -0.492 e. The van der Waals surface area contributed by atoms with E-state index < -0.39 is 11.6 Å². The number of amides is 1. The van der Waals surface area contributed by atoms with Crippen LogP contribution in [-0.2, 0) is 13.2 Å². The molecule has 0 atom stereocenters. The molecule has 0 aliphatic carbocycles. The van der Waals surface area contributed by atoms with Crippen molar-refractivity contribution in [3.63, 3.8) is 0 Å². The number of nitrogens with one attached hydrogen (secondary N) is 1. The Morgan fingerprint density at radius 3 is 2.46 bits per heavy atom. The van der Waals surface area contributed by atoms with E-state index in [4.69, 9.17) is 9.47 Å². The quantitative estimate of drug-likeness (QED) is 0.357. The lowest BCUT2D eigenvalue weighted by molar-refractivity contribution is 0.0732. The molecular formula is C28H26F2N4O3. The van der Waals surface area contributed by atoms with Crippen molar-refractivity contribution in [3.05, 3.63) is 108 Å². The third-order valence-electron chi connectivity index (χ3n) is 6.02. The van der Waals surface area contributed by atoms with E-state index in [9.17, 15) is 13.6 Å². The summed E-state index contributed by atoms with van der Waals surface area (Å²) in [5.74, 6) is -0.129. The van der Waals surface area contributed by atoms with Gasteiger partial charge in [0.25, 0.3) is 5.91 Å². The number of hydrogen-bond donors (Lipinski definition) is 1. The van der Waals surface area contributed by atoms with Crippen LogP contribution in [0.1, 0.15) is 21.9 Å². The van der Waals surface area contributed by atoms with E-state index in [1.165, 1.54) is 6.07 Å². The highest BCUT2D eigenvalue weighted by atomic mass is 19.1. The van der Waals surface area contributed by atoms with Gasteiger partial charge in [0.15, 0.2) is 23.1 Å². The van der Waals surface area contributed by atoms with Gasteiger partial charge in [0.05, 0.1) is 6.54 Å². The van der Waals surface area contributed by atoms with Crippen LogP contribution in [0.25, 0.3) is 0 Å². The summed E-state index contributed by atoms with van der Waals surface area (Å²) >= 11 is 0. The largest absolute Gasteiger partial charge is 0.492 e. The Morgan fingerprint density at radius 1 is 0.946 bits per heavy atom. The number of carbonyl (C=O) groups excluding carboxylic acids is 1. The molecule has 7 nitrogen and oxygen atoms in total. The van der Waals surface area contributed by atoms with Gasteiger partial charge in [-0.2, -0.15) is 0 Å². The molecule has 0 radical (unpaired) electrons. The number of para-hydroxylation sites is 1. The number of fused-ring (bicyclic) bond motifs is 1. The van der Waals surface area contributed by atoms with Gasteiger partial charge in [-0.25, -0.2) is 13.8 Å². The fourth-order valence-corrected chi connectivity index (χ4v) is 4.18. The highest BCUT2D eigenvalue weighted by Crippen LogP contribution is 2.25. The zero-order valence-corrected chi connectivity index (χ0v) is 20.1. The molecule has 190 valence electrons. The maximum absolute atomic E-state index is 14.2. The Labute approximate surface area is 213 Å². The molecule has 0 unspecified atom stereocenters. The average molecular weight is 505 g/mol. The van der Waals surface area contributed by atoms with Gasteiger partial charge in [0.2, 0.25) is 0 Å². The van der Waals surface area contributed by atoms with Crippen LogP contribution in [0.15, 0.2) is 78.9 Å². The normalized spacial score (nSPS) is 13.0. The van der Waals surface area contributed by atoms with Crippen molar-refractivity contribution in [3.8, 4) is 11.5 Å². The first-order chi connectivity index (χ1) is 18.1. The van der Waals surface area contributed by atoms with Crippen LogP contribution in [0.2, 0.25) is 0 Å². The predicted octanol–water partition coefficient (Wildman–Crippen LogP) is 4.74. The van der Waals surface area contributed by atoms with Gasteiger partial charge >= 0.3 is 0 Å². The molecule has 1 aromatic heterocycles. The van der Waals surface area contributed by atoms with Gasteiger partial charge < -0.3 is 24.3 Å². The van der Waals surface area contributed by atoms with Crippen LogP contribution in [0.3, 0.4) is 0 Å². The number of halogens is 2. The Bertz CT molecular complexity index is 1360. The minimum atomic E-state index is -0.804. The van der Waals surface area contributed by atoms with Crippen molar-refractivity contribution >= 4 is 11.7 Å². The molecule has 0 saturated carbocycles. The summed E-state index contributed by atoms with van der Waals surface area (Å²) in [4.78, 5) is 20.1. The molecule has 5 rings (SSSR count). The van der Waals surface area contributed by atoms with Gasteiger partial charge in [0, 0.05) is 25.7 Å². The van der Waals surface area contributed by atoms with Gasteiger partial charge in [-0.1, -0.05) is 48.5 Å². The van der Waals surface area contributed by atoms with Crippen LogP contribution in [0.4, 0.5) is 14.6 Å². The molecule has 0 fully saturated rings. The number of anilines is 1. The fourth-order valence-electron chi connectivity index (χ4n) is 4.18. The number of benzene rings is 3. The molecule has 9 heteroatoms. The molecule has 0 bridgehead atoms. The van der Waals surface area contributed by atoms with Crippen LogP contribution in [0.5, 0.6) is 11.5 Å². The number of rotatable bonds is 9. The van der Waals surface area contributed by atoms with E-state index in [0.717, 1.165) is 23.4 Å². The smallest absolute Gasteiger partial charge is 0.274 e. The van der Waals surface area contributed by atoms with Crippen molar-refractivity contribution in [2.24, 2.45) is 0 Å². The molecule has 0 spiro atoms. The fraction of sp³-hybridized carbons (Fsp3) is 0.214. The molecule has 37 heavy (non-hydrogen) atoms. The second-order valence-corrected chi connectivity index (χ2v) is 8.54. The van der Waals surface area contributed by atoms with Crippen molar-refractivity contribution in [1.82, 2.24) is 14.5 Å². The second kappa shape index (κ2) is 11.1. The van der Waals surface area contributed by atoms with Crippen molar-refractivity contribution < 1.29 is 23.0 Å². The third kappa shape index (κ3) is 5.72. The lowest BCUT2D eigenvalue weighted by Crippen LogP contribution is -2.37. The van der Waals surface area contributed by atoms with Gasteiger partial charge in [-0.05, 0) is 29.8 Å². The molecule has 3 aromatic carbocycles. The van der Waals surface area contributed by atoms with Gasteiger partial charge in [-0.3, -0.25) is 4.79 Å². The van der Waals surface area contributed by atoms with E-state index in [-0.39, 0.29) is 18.3 Å². The first-order valence-corrected chi connectivity index (χ1v) is 12.0. The summed E-state index contributed by atoms with van der Waals surface area (Å²) < 4.78 is 40.7. The lowest BCUT2D eigenvalue weighted by atomic mass is 10.2. The number of nitrogens with zero attached hydrogens (tertiary/aromatic N) is 3. The van der Waals surface area contributed by atoms with E-state index in [2.05, 4.69) is 10.3 Å². The number of hydrogen-bond acceptors (Lipinski definition) is 5. The molecule has 2 heterocycles. The van der Waals surface area contributed by atoms with Crippen molar-refractivity contribution in [2.45, 2.75) is 13.2 Å². The second-order valence-electron chi connectivity index (χ2n) is 8.54. The van der Waals surface area contributed by atoms with Crippen LogP contribution in [0, 0.1) is 11.6 Å². The summed E-state index contributed by atoms with van der Waals surface area (Å²) in [5.41, 5.74) is 1.37. The number of carbonyl (C=O) groups is 1. The summed E-state index contributed by atoms with van der Waals surface area (Å²) in [6.07, 6.45) is 0. The third-order valence-corrected chi connectivity index (χ3v) is 6.02. The Morgan fingerprint density at radius 2 is 1.70 bits per heavy atom. The summed E-state index contributed by atoms with van der Waals surface area (Å²) in [5, 5.41) is 3.24. The monoisotopic (exact) mass is 504 g/mol. The molecule has 4 aromatic rings. The van der Waals surface area contributed by atoms with Crippen LogP contribution < -0.4 is 14.8 Å². The molecule has 1 aliphatic heterocycles. The maximum Gasteiger partial charge on any atom is 0.274 e. The maximum atomic E-state index is 14.2. The van der Waals surface area contributed by atoms with E-state index in [0.29, 0.717) is 50.1 Å². The number of imidazole rings is 1. The Balaban J connectivity index is 1.40. The highest BCUT2D eigenvalue weighted by molar-refractivity contribution is 5.98. The topological polar surface area (TPSA) is 68.6 Å². The first-order valence-electron chi connectivity index (χ1n) is 12.0. The highest BCUT2D eigenvalue weighted by Gasteiger charge is 2.30. The van der Waals surface area contributed by atoms with E-state index >= 15 is 0 Å². The molecule has 0 saturated heterocycles. The molecular weight excluding hydrogens is 478 g/mol. The number of aromatic nitrogens is 2. The van der Waals surface area contributed by atoms with Crippen LogP contribution >= 0.6 is 0 Å². The SMILES string of the molecule is O=C1c2c(nc(COc3ccc(F)cc3F)n2Cc2ccccc2)NCCN1CCOc1ccccc1. The summed E-state index contributed by atoms with van der Waals surface area (Å²) in [7, 11) is 0.